The third-order valence-corrected chi connectivity index (χ3v) is 5.20. The molecular weight excluding hydrogens is 411 g/mol. The number of ether oxygens (including phenoxy) is 2. The predicted molar refractivity (Wildman–Crippen MR) is 120 cm³/mol. The van der Waals surface area contributed by atoms with E-state index in [0.29, 0.717) is 36.7 Å². The van der Waals surface area contributed by atoms with E-state index in [0.717, 1.165) is 5.56 Å². The van der Waals surface area contributed by atoms with E-state index in [9.17, 15) is 14.0 Å². The van der Waals surface area contributed by atoms with Gasteiger partial charge in [0, 0.05) is 24.1 Å². The van der Waals surface area contributed by atoms with Crippen LogP contribution in [0.2, 0.25) is 0 Å². The van der Waals surface area contributed by atoms with Gasteiger partial charge in [-0.05, 0) is 57.9 Å². The molecule has 7 heteroatoms. The summed E-state index contributed by atoms with van der Waals surface area (Å²) in [6.45, 7) is 8.33. The molecule has 1 atom stereocenters. The third-order valence-electron chi connectivity index (χ3n) is 5.20. The van der Waals surface area contributed by atoms with Crippen LogP contribution in [0.5, 0.6) is 11.5 Å². The Bertz CT molecular complexity index is 971. The summed E-state index contributed by atoms with van der Waals surface area (Å²) in [6, 6.07) is 11.2. The summed E-state index contributed by atoms with van der Waals surface area (Å²) in [6.07, 6.45) is 0.651. The number of halogens is 1. The van der Waals surface area contributed by atoms with Crippen molar-refractivity contribution in [2.75, 3.05) is 13.2 Å². The van der Waals surface area contributed by atoms with Crippen LogP contribution in [0.3, 0.4) is 0 Å². The number of hydrogen-bond donors (Lipinski definition) is 1. The molecule has 0 bridgehead atoms. The lowest BCUT2D eigenvalue weighted by Gasteiger charge is -2.31. The Kier molecular flexibility index (Phi) is 7.38. The van der Waals surface area contributed by atoms with Gasteiger partial charge < -0.3 is 19.7 Å². The number of carbonyl (C=O) groups is 2. The summed E-state index contributed by atoms with van der Waals surface area (Å²) in [5.74, 6) is 0.462. The maximum absolute atomic E-state index is 14.3. The predicted octanol–water partition coefficient (Wildman–Crippen LogP) is 3.86. The van der Waals surface area contributed by atoms with Crippen LogP contribution < -0.4 is 14.8 Å². The number of fused-ring (bicyclic) bond motifs is 1. The minimum atomic E-state index is -0.749. The second-order valence-electron chi connectivity index (χ2n) is 9.01. The van der Waals surface area contributed by atoms with Gasteiger partial charge in [0.15, 0.2) is 11.5 Å². The maximum Gasteiger partial charge on any atom is 0.242 e. The molecule has 0 spiro atoms. The summed E-state index contributed by atoms with van der Waals surface area (Å²) < 4.78 is 25.4. The van der Waals surface area contributed by atoms with Crippen LogP contribution in [-0.4, -0.2) is 41.5 Å². The fourth-order valence-corrected chi connectivity index (χ4v) is 3.50. The molecule has 0 fully saturated rings. The molecule has 1 aliphatic rings. The zero-order chi connectivity index (χ0) is 23.3. The molecule has 172 valence electrons. The lowest BCUT2D eigenvalue weighted by atomic mass is 10.1. The molecule has 1 N–H and O–H groups in total. The Morgan fingerprint density at radius 3 is 2.47 bits per heavy atom. The van der Waals surface area contributed by atoms with Crippen molar-refractivity contribution in [2.45, 2.75) is 58.7 Å². The van der Waals surface area contributed by atoms with Crippen LogP contribution in [-0.2, 0) is 22.6 Å². The molecule has 2 aromatic rings. The fourth-order valence-electron chi connectivity index (χ4n) is 3.50. The van der Waals surface area contributed by atoms with E-state index in [2.05, 4.69) is 5.32 Å². The first-order valence-corrected chi connectivity index (χ1v) is 10.9. The van der Waals surface area contributed by atoms with Crippen LogP contribution in [0.1, 0.15) is 45.2 Å². The van der Waals surface area contributed by atoms with Gasteiger partial charge in [0.25, 0.3) is 0 Å². The molecule has 0 unspecified atom stereocenters. The standard InChI is InChI=1S/C25H31FN2O4/c1-17(24(30)27-25(2,3)4)28(16-19-7-5-6-8-20(19)26)23(29)12-10-18-9-11-21-22(15-18)32-14-13-31-21/h5-9,11,15,17H,10,12-14,16H2,1-4H3,(H,27,30)/t17-/m0/s1. The molecule has 0 saturated carbocycles. The van der Waals surface area contributed by atoms with Crippen LogP contribution in [0, 0.1) is 5.82 Å². The van der Waals surface area contributed by atoms with Crippen molar-refractivity contribution in [3.8, 4) is 11.5 Å². The zero-order valence-electron chi connectivity index (χ0n) is 19.1. The van der Waals surface area contributed by atoms with E-state index < -0.39 is 17.4 Å². The highest BCUT2D eigenvalue weighted by molar-refractivity contribution is 5.87. The molecule has 6 nitrogen and oxygen atoms in total. The van der Waals surface area contributed by atoms with Crippen molar-refractivity contribution in [1.82, 2.24) is 10.2 Å². The first-order valence-electron chi connectivity index (χ1n) is 10.9. The highest BCUT2D eigenvalue weighted by Crippen LogP contribution is 2.31. The average molecular weight is 443 g/mol. The van der Waals surface area contributed by atoms with Crippen molar-refractivity contribution in [3.63, 3.8) is 0 Å². The van der Waals surface area contributed by atoms with Crippen LogP contribution in [0.15, 0.2) is 42.5 Å². The average Bonchev–Trinajstić information content (AvgIpc) is 2.75. The topological polar surface area (TPSA) is 67.9 Å². The second-order valence-corrected chi connectivity index (χ2v) is 9.01. The molecular formula is C25H31FN2O4. The minimum absolute atomic E-state index is 0.0192. The van der Waals surface area contributed by atoms with E-state index in [1.54, 1.807) is 25.1 Å². The van der Waals surface area contributed by atoms with E-state index in [1.165, 1.54) is 11.0 Å². The number of rotatable bonds is 7. The quantitative estimate of drug-likeness (QED) is 0.707. The summed E-state index contributed by atoms with van der Waals surface area (Å²) in [5, 5.41) is 2.91. The lowest BCUT2D eigenvalue weighted by Crippen LogP contribution is -2.52. The number of aryl methyl sites for hydroxylation is 1. The van der Waals surface area contributed by atoms with Gasteiger partial charge in [-0.15, -0.1) is 0 Å². The monoisotopic (exact) mass is 442 g/mol. The number of carbonyl (C=O) groups excluding carboxylic acids is 2. The van der Waals surface area contributed by atoms with Crippen molar-refractivity contribution < 1.29 is 23.5 Å². The molecule has 0 aliphatic carbocycles. The summed E-state index contributed by atoms with van der Waals surface area (Å²) in [4.78, 5) is 27.4. The largest absolute Gasteiger partial charge is 0.486 e. The molecule has 32 heavy (non-hydrogen) atoms. The molecule has 2 amide bonds. The van der Waals surface area contributed by atoms with Crippen LogP contribution in [0.25, 0.3) is 0 Å². The zero-order valence-corrected chi connectivity index (χ0v) is 19.1. The summed E-state index contributed by atoms with van der Waals surface area (Å²) >= 11 is 0. The number of nitrogens with one attached hydrogen (secondary N) is 1. The summed E-state index contributed by atoms with van der Waals surface area (Å²) in [7, 11) is 0. The van der Waals surface area contributed by atoms with Gasteiger partial charge in [0.1, 0.15) is 25.1 Å². The van der Waals surface area contributed by atoms with Gasteiger partial charge in [0.2, 0.25) is 11.8 Å². The van der Waals surface area contributed by atoms with Crippen molar-refractivity contribution >= 4 is 11.8 Å². The van der Waals surface area contributed by atoms with E-state index in [1.807, 2.05) is 39.0 Å². The minimum Gasteiger partial charge on any atom is -0.486 e. The van der Waals surface area contributed by atoms with Gasteiger partial charge in [-0.1, -0.05) is 24.3 Å². The molecule has 0 radical (unpaired) electrons. The Hall–Kier alpha value is -3.09. The first-order chi connectivity index (χ1) is 15.1. The van der Waals surface area contributed by atoms with E-state index in [4.69, 9.17) is 9.47 Å². The van der Waals surface area contributed by atoms with Crippen LogP contribution >= 0.6 is 0 Å². The number of hydrogen-bond acceptors (Lipinski definition) is 4. The second kappa shape index (κ2) is 10.0. The molecule has 1 heterocycles. The third kappa shape index (κ3) is 6.22. The Morgan fingerprint density at radius 1 is 1.09 bits per heavy atom. The molecule has 3 rings (SSSR count). The van der Waals surface area contributed by atoms with Crippen molar-refractivity contribution in [3.05, 3.63) is 59.4 Å². The normalized spacial score (nSPS) is 13.9. The lowest BCUT2D eigenvalue weighted by molar-refractivity contribution is -0.141. The first kappa shape index (κ1) is 23.6. The van der Waals surface area contributed by atoms with Crippen molar-refractivity contribution in [2.24, 2.45) is 0 Å². The molecule has 0 aromatic heterocycles. The number of amides is 2. The molecule has 1 aliphatic heterocycles. The maximum atomic E-state index is 14.3. The fraction of sp³-hybridized carbons (Fsp3) is 0.440. The smallest absolute Gasteiger partial charge is 0.242 e. The molecule has 0 saturated heterocycles. The summed E-state index contributed by atoms with van der Waals surface area (Å²) in [5.41, 5.74) is 0.860. The van der Waals surface area contributed by atoms with Crippen molar-refractivity contribution in [1.29, 1.82) is 0 Å². The highest BCUT2D eigenvalue weighted by Gasteiger charge is 2.28. The van der Waals surface area contributed by atoms with Gasteiger partial charge in [0.05, 0.1) is 0 Å². The van der Waals surface area contributed by atoms with E-state index in [-0.39, 0.29) is 24.8 Å². The van der Waals surface area contributed by atoms with E-state index >= 15 is 0 Å². The van der Waals surface area contributed by atoms with Crippen LogP contribution in [0.4, 0.5) is 4.39 Å². The van der Waals surface area contributed by atoms with Gasteiger partial charge in [-0.2, -0.15) is 0 Å². The van der Waals surface area contributed by atoms with Gasteiger partial charge in [-0.25, -0.2) is 4.39 Å². The Morgan fingerprint density at radius 2 is 1.78 bits per heavy atom. The van der Waals surface area contributed by atoms with Gasteiger partial charge >= 0.3 is 0 Å². The highest BCUT2D eigenvalue weighted by atomic mass is 19.1. The number of nitrogens with zero attached hydrogens (tertiary/aromatic N) is 1. The SMILES string of the molecule is C[C@@H](C(=O)NC(C)(C)C)N(Cc1ccccc1F)C(=O)CCc1ccc2c(c1)OCCO2. The Labute approximate surface area is 188 Å². The Balaban J connectivity index is 1.74. The van der Waals surface area contributed by atoms with Gasteiger partial charge in [-0.3, -0.25) is 9.59 Å². The molecule has 2 aromatic carbocycles. The number of benzene rings is 2.